The van der Waals surface area contributed by atoms with Crippen molar-refractivity contribution in [2.45, 2.75) is 13.0 Å². The van der Waals surface area contributed by atoms with E-state index in [0.717, 1.165) is 0 Å². The van der Waals surface area contributed by atoms with Crippen LogP contribution in [0.4, 0.5) is 5.82 Å². The van der Waals surface area contributed by atoms with Gasteiger partial charge in [0.1, 0.15) is 11.8 Å². The number of nitrogens with two attached hydrogens (primary N) is 2. The van der Waals surface area contributed by atoms with Crippen molar-refractivity contribution >= 4 is 27.3 Å². The van der Waals surface area contributed by atoms with Crippen LogP contribution in [0.25, 0.3) is 11.2 Å². The average Bonchev–Trinajstić information content (AvgIpc) is 2.83. The standard InChI is InChI=1S/C11H16N6O3S/c1-2-8(5-20-21(13,18)19)3-4-17-7-16-9-10(12)14-6-15-11(9)17/h2,6-8H,1,3-5H2,(H2,12,14,15)(H2,13,18,19)/t8-/m1/s1. The van der Waals surface area contributed by atoms with Gasteiger partial charge in [-0.3, -0.25) is 4.18 Å². The minimum Gasteiger partial charge on any atom is -0.382 e. The predicted octanol–water partition coefficient (Wildman–Crippen LogP) is -0.179. The fourth-order valence-electron chi connectivity index (χ4n) is 1.82. The molecule has 1 atom stereocenters. The molecule has 4 N–H and O–H groups in total. The third-order valence-electron chi connectivity index (χ3n) is 2.95. The summed E-state index contributed by atoms with van der Waals surface area (Å²) in [6, 6.07) is 0. The van der Waals surface area contributed by atoms with E-state index < -0.39 is 10.3 Å². The van der Waals surface area contributed by atoms with E-state index in [0.29, 0.717) is 29.9 Å². The van der Waals surface area contributed by atoms with Gasteiger partial charge in [0.15, 0.2) is 11.5 Å². The van der Waals surface area contributed by atoms with Crippen molar-refractivity contribution in [1.29, 1.82) is 0 Å². The highest BCUT2D eigenvalue weighted by molar-refractivity contribution is 7.84. The quantitative estimate of drug-likeness (QED) is 0.676. The molecule has 21 heavy (non-hydrogen) atoms. The van der Waals surface area contributed by atoms with Crippen molar-refractivity contribution in [3.63, 3.8) is 0 Å². The summed E-state index contributed by atoms with van der Waals surface area (Å²) in [6.45, 7) is 4.16. The molecule has 0 bridgehead atoms. The smallest absolute Gasteiger partial charge is 0.333 e. The monoisotopic (exact) mass is 312 g/mol. The Bertz CT molecular complexity index is 741. The van der Waals surface area contributed by atoms with E-state index in [4.69, 9.17) is 10.9 Å². The molecule has 0 fully saturated rings. The second-order valence-electron chi connectivity index (χ2n) is 4.43. The summed E-state index contributed by atoms with van der Waals surface area (Å²) in [5.41, 5.74) is 6.86. The Labute approximate surface area is 121 Å². The molecule has 2 aromatic heterocycles. The summed E-state index contributed by atoms with van der Waals surface area (Å²) in [4.78, 5) is 12.1. The summed E-state index contributed by atoms with van der Waals surface area (Å²) < 4.78 is 27.9. The van der Waals surface area contributed by atoms with Gasteiger partial charge in [0, 0.05) is 12.5 Å². The third kappa shape index (κ3) is 3.97. The van der Waals surface area contributed by atoms with E-state index in [2.05, 4.69) is 25.7 Å². The van der Waals surface area contributed by atoms with Gasteiger partial charge in [-0.15, -0.1) is 6.58 Å². The second-order valence-corrected chi connectivity index (χ2v) is 5.65. The van der Waals surface area contributed by atoms with Crippen LogP contribution >= 0.6 is 0 Å². The molecule has 0 saturated heterocycles. The Balaban J connectivity index is 2.03. The number of fused-ring (bicyclic) bond motifs is 1. The SMILES string of the molecule is C=C[C@H](CCn1cnc2c(N)ncnc21)COS(N)(=O)=O. The van der Waals surface area contributed by atoms with E-state index in [9.17, 15) is 8.42 Å². The molecular weight excluding hydrogens is 296 g/mol. The Morgan fingerprint density at radius 1 is 1.43 bits per heavy atom. The number of imidazole rings is 1. The predicted molar refractivity (Wildman–Crippen MR) is 77.1 cm³/mol. The maximum absolute atomic E-state index is 10.8. The number of hydrogen-bond acceptors (Lipinski definition) is 7. The van der Waals surface area contributed by atoms with E-state index in [-0.39, 0.29) is 12.5 Å². The minimum atomic E-state index is -3.95. The number of rotatable bonds is 7. The lowest BCUT2D eigenvalue weighted by molar-refractivity contribution is 0.269. The molecule has 0 radical (unpaired) electrons. The third-order valence-corrected chi connectivity index (χ3v) is 3.41. The van der Waals surface area contributed by atoms with Crippen LogP contribution in [-0.4, -0.2) is 34.5 Å². The summed E-state index contributed by atoms with van der Waals surface area (Å²) in [7, 11) is -3.95. The Kier molecular flexibility index (Phi) is 4.50. The van der Waals surface area contributed by atoms with Crippen LogP contribution in [0.2, 0.25) is 0 Å². The number of hydrogen-bond donors (Lipinski definition) is 2. The maximum Gasteiger partial charge on any atom is 0.333 e. The maximum atomic E-state index is 10.8. The van der Waals surface area contributed by atoms with Crippen LogP contribution in [0.3, 0.4) is 0 Å². The fourth-order valence-corrected chi connectivity index (χ4v) is 2.18. The lowest BCUT2D eigenvalue weighted by Crippen LogP contribution is -2.20. The van der Waals surface area contributed by atoms with Crippen molar-refractivity contribution in [2.24, 2.45) is 11.1 Å². The number of aromatic nitrogens is 4. The van der Waals surface area contributed by atoms with Crippen molar-refractivity contribution < 1.29 is 12.6 Å². The number of nitrogens with zero attached hydrogens (tertiary/aromatic N) is 4. The van der Waals surface area contributed by atoms with Crippen LogP contribution in [0.5, 0.6) is 0 Å². The van der Waals surface area contributed by atoms with E-state index in [1.165, 1.54) is 6.33 Å². The van der Waals surface area contributed by atoms with Gasteiger partial charge in [-0.2, -0.15) is 8.42 Å². The molecule has 2 rings (SSSR count). The zero-order valence-electron chi connectivity index (χ0n) is 11.2. The molecule has 0 aliphatic rings. The van der Waals surface area contributed by atoms with Gasteiger partial charge in [-0.25, -0.2) is 20.1 Å². The number of anilines is 1. The van der Waals surface area contributed by atoms with Crippen LogP contribution in [0, 0.1) is 5.92 Å². The van der Waals surface area contributed by atoms with E-state index in [1.54, 1.807) is 17.0 Å². The zero-order chi connectivity index (χ0) is 15.5. The molecule has 0 saturated carbocycles. The molecule has 0 aliphatic heterocycles. The largest absolute Gasteiger partial charge is 0.382 e. The molecule has 2 heterocycles. The van der Waals surface area contributed by atoms with Crippen molar-refractivity contribution in [3.8, 4) is 0 Å². The summed E-state index contributed by atoms with van der Waals surface area (Å²) in [5.74, 6) is 0.150. The van der Waals surface area contributed by atoms with E-state index >= 15 is 0 Å². The van der Waals surface area contributed by atoms with Crippen LogP contribution in [-0.2, 0) is 21.0 Å². The number of aryl methyl sites for hydroxylation is 1. The molecule has 0 aliphatic carbocycles. The van der Waals surface area contributed by atoms with Gasteiger partial charge >= 0.3 is 10.3 Å². The highest BCUT2D eigenvalue weighted by Crippen LogP contribution is 2.16. The average molecular weight is 312 g/mol. The Morgan fingerprint density at radius 2 is 2.19 bits per heavy atom. The van der Waals surface area contributed by atoms with Crippen molar-refractivity contribution in [1.82, 2.24) is 19.5 Å². The molecule has 0 unspecified atom stereocenters. The first-order chi connectivity index (χ1) is 9.90. The summed E-state index contributed by atoms with van der Waals surface area (Å²) in [5, 5.41) is 4.79. The van der Waals surface area contributed by atoms with Crippen molar-refractivity contribution in [2.75, 3.05) is 12.3 Å². The molecule has 114 valence electrons. The molecule has 0 aromatic carbocycles. The lowest BCUT2D eigenvalue weighted by atomic mass is 10.1. The molecular formula is C11H16N6O3S. The zero-order valence-corrected chi connectivity index (χ0v) is 12.0. The molecule has 10 heteroatoms. The van der Waals surface area contributed by atoms with Gasteiger partial charge in [-0.05, 0) is 6.42 Å². The fraction of sp³-hybridized carbons (Fsp3) is 0.364. The number of nitrogen functional groups attached to an aromatic ring is 1. The summed E-state index contributed by atoms with van der Waals surface area (Å²) in [6.07, 6.45) is 5.18. The first-order valence-electron chi connectivity index (χ1n) is 6.11. The topological polar surface area (TPSA) is 139 Å². The van der Waals surface area contributed by atoms with Gasteiger partial charge in [-0.1, -0.05) is 6.08 Å². The Morgan fingerprint density at radius 3 is 2.86 bits per heavy atom. The Hall–Kier alpha value is -2.04. The first kappa shape index (κ1) is 15.4. The normalized spacial score (nSPS) is 13.4. The van der Waals surface area contributed by atoms with Crippen molar-refractivity contribution in [3.05, 3.63) is 25.3 Å². The highest BCUT2D eigenvalue weighted by atomic mass is 32.2. The van der Waals surface area contributed by atoms with E-state index in [1.807, 2.05) is 0 Å². The summed E-state index contributed by atoms with van der Waals surface area (Å²) >= 11 is 0. The van der Waals surface area contributed by atoms with Gasteiger partial charge in [0.2, 0.25) is 0 Å². The van der Waals surface area contributed by atoms with Crippen LogP contribution in [0.15, 0.2) is 25.3 Å². The van der Waals surface area contributed by atoms with Gasteiger partial charge in [0.25, 0.3) is 0 Å². The second kappa shape index (κ2) is 6.16. The molecule has 9 nitrogen and oxygen atoms in total. The minimum absolute atomic E-state index is 0.0495. The van der Waals surface area contributed by atoms with Crippen LogP contribution < -0.4 is 10.9 Å². The van der Waals surface area contributed by atoms with Crippen LogP contribution in [0.1, 0.15) is 6.42 Å². The first-order valence-corrected chi connectivity index (χ1v) is 7.59. The molecule has 0 spiro atoms. The molecule has 0 amide bonds. The molecule has 2 aromatic rings. The van der Waals surface area contributed by atoms with Gasteiger partial charge in [0.05, 0.1) is 12.9 Å². The lowest BCUT2D eigenvalue weighted by Gasteiger charge is -2.12. The highest BCUT2D eigenvalue weighted by Gasteiger charge is 2.12. The van der Waals surface area contributed by atoms with Gasteiger partial charge < -0.3 is 10.3 Å².